The predicted molar refractivity (Wildman–Crippen MR) is 87.2 cm³/mol. The van der Waals surface area contributed by atoms with Gasteiger partial charge in [0.15, 0.2) is 0 Å². The topological polar surface area (TPSA) is 46.2 Å². The lowest BCUT2D eigenvalue weighted by Crippen LogP contribution is -2.12. The lowest BCUT2D eigenvalue weighted by atomic mass is 9.92. The molecule has 1 aliphatic rings. The predicted octanol–water partition coefficient (Wildman–Crippen LogP) is 4.08. The normalized spacial score (nSPS) is 17.5. The summed E-state index contributed by atoms with van der Waals surface area (Å²) in [7, 11) is 0. The summed E-state index contributed by atoms with van der Waals surface area (Å²) in [5.41, 5.74) is 3.72. The fourth-order valence-electron chi connectivity index (χ4n) is 3.08. The van der Waals surface area contributed by atoms with E-state index in [2.05, 4.69) is 5.32 Å². The van der Waals surface area contributed by atoms with Crippen LogP contribution < -0.4 is 5.32 Å². The van der Waals surface area contributed by atoms with Gasteiger partial charge in [0.25, 0.3) is 5.91 Å². The van der Waals surface area contributed by atoms with Crippen molar-refractivity contribution in [2.45, 2.75) is 32.1 Å². The van der Waals surface area contributed by atoms with Crippen molar-refractivity contribution < 1.29 is 9.59 Å². The molecule has 0 bridgehead atoms. The molecule has 0 heterocycles. The Morgan fingerprint density at radius 2 is 1.91 bits per heavy atom. The van der Waals surface area contributed by atoms with Crippen LogP contribution in [-0.4, -0.2) is 11.7 Å². The third kappa shape index (κ3) is 3.08. The number of hydrogen-bond acceptors (Lipinski definition) is 2. The summed E-state index contributed by atoms with van der Waals surface area (Å²) < 4.78 is 0. The highest BCUT2D eigenvalue weighted by atomic mass is 16.1. The van der Waals surface area contributed by atoms with E-state index in [9.17, 15) is 9.59 Å². The standard InChI is InChI=1S/C19H19NO2/c1-13-11-15(19(22)20-16-5-3-2-4-6-16)8-10-18(13)14-7-9-17(21)12-14/h2-6,8,10-11,14H,7,9,12H2,1H3,(H,20,22)/t14-/m1/s1. The molecular formula is C19H19NO2. The molecule has 1 N–H and O–H groups in total. The maximum absolute atomic E-state index is 12.3. The second-order valence-electron chi connectivity index (χ2n) is 5.87. The van der Waals surface area contributed by atoms with Crippen molar-refractivity contribution in [2.24, 2.45) is 0 Å². The van der Waals surface area contributed by atoms with E-state index >= 15 is 0 Å². The molecule has 22 heavy (non-hydrogen) atoms. The van der Waals surface area contributed by atoms with Gasteiger partial charge in [-0.15, -0.1) is 0 Å². The van der Waals surface area contributed by atoms with Crippen LogP contribution in [0.1, 0.15) is 46.7 Å². The maximum Gasteiger partial charge on any atom is 0.255 e. The molecule has 112 valence electrons. The van der Waals surface area contributed by atoms with Crippen molar-refractivity contribution in [2.75, 3.05) is 5.32 Å². The van der Waals surface area contributed by atoms with Gasteiger partial charge in [0.05, 0.1) is 0 Å². The highest BCUT2D eigenvalue weighted by Crippen LogP contribution is 2.34. The zero-order valence-corrected chi connectivity index (χ0v) is 12.6. The number of para-hydroxylation sites is 1. The minimum atomic E-state index is -0.108. The van der Waals surface area contributed by atoms with Crippen LogP contribution in [0.25, 0.3) is 0 Å². The number of amides is 1. The van der Waals surface area contributed by atoms with Gasteiger partial charge in [-0.1, -0.05) is 24.3 Å². The molecule has 3 nitrogen and oxygen atoms in total. The molecule has 3 heteroatoms. The average Bonchev–Trinajstić information content (AvgIpc) is 2.94. The molecule has 0 unspecified atom stereocenters. The highest BCUT2D eigenvalue weighted by Gasteiger charge is 2.24. The zero-order chi connectivity index (χ0) is 15.5. The van der Waals surface area contributed by atoms with Crippen LogP contribution in [0.4, 0.5) is 5.69 Å². The molecule has 0 saturated heterocycles. The van der Waals surface area contributed by atoms with E-state index in [1.54, 1.807) is 0 Å². The fourth-order valence-corrected chi connectivity index (χ4v) is 3.08. The van der Waals surface area contributed by atoms with Crippen LogP contribution in [0.5, 0.6) is 0 Å². The van der Waals surface area contributed by atoms with Gasteiger partial charge in [-0.05, 0) is 54.7 Å². The van der Waals surface area contributed by atoms with Crippen LogP contribution in [0.2, 0.25) is 0 Å². The summed E-state index contributed by atoms with van der Waals surface area (Å²) in [4.78, 5) is 23.7. The second kappa shape index (κ2) is 6.14. The molecule has 1 atom stereocenters. The van der Waals surface area contributed by atoms with E-state index in [4.69, 9.17) is 0 Å². The molecule has 0 spiro atoms. The molecule has 0 radical (unpaired) electrons. The molecule has 1 fully saturated rings. The first-order valence-electron chi connectivity index (χ1n) is 7.62. The Kier molecular flexibility index (Phi) is 4.05. The first kappa shape index (κ1) is 14.5. The van der Waals surface area contributed by atoms with Gasteiger partial charge in [-0.2, -0.15) is 0 Å². The number of nitrogens with one attached hydrogen (secondary N) is 1. The van der Waals surface area contributed by atoms with Crippen LogP contribution in [0.15, 0.2) is 48.5 Å². The van der Waals surface area contributed by atoms with E-state index < -0.39 is 0 Å². The van der Waals surface area contributed by atoms with Gasteiger partial charge in [0, 0.05) is 24.1 Å². The van der Waals surface area contributed by atoms with E-state index in [0.29, 0.717) is 30.1 Å². The molecular weight excluding hydrogens is 274 g/mol. The van der Waals surface area contributed by atoms with Crippen molar-refractivity contribution in [3.05, 3.63) is 65.2 Å². The van der Waals surface area contributed by atoms with Crippen molar-refractivity contribution in [1.82, 2.24) is 0 Å². The Bertz CT molecular complexity index is 707. The first-order chi connectivity index (χ1) is 10.6. The van der Waals surface area contributed by atoms with Crippen LogP contribution in [0.3, 0.4) is 0 Å². The Balaban J connectivity index is 1.77. The molecule has 1 aliphatic carbocycles. The SMILES string of the molecule is Cc1cc(C(=O)Nc2ccccc2)ccc1[C@@H]1CCC(=O)C1. The molecule has 1 saturated carbocycles. The Morgan fingerprint density at radius 3 is 2.55 bits per heavy atom. The Hall–Kier alpha value is -2.42. The lowest BCUT2D eigenvalue weighted by molar-refractivity contribution is -0.117. The molecule has 2 aromatic rings. The third-order valence-corrected chi connectivity index (χ3v) is 4.25. The van der Waals surface area contributed by atoms with Crippen molar-refractivity contribution >= 4 is 17.4 Å². The molecule has 0 aromatic heterocycles. The summed E-state index contributed by atoms with van der Waals surface area (Å²) in [6.45, 7) is 2.01. The number of carbonyl (C=O) groups is 2. The van der Waals surface area contributed by atoms with Crippen LogP contribution in [0, 0.1) is 6.92 Å². The fraction of sp³-hybridized carbons (Fsp3) is 0.263. The van der Waals surface area contributed by atoms with E-state index in [1.807, 2.05) is 55.5 Å². The van der Waals surface area contributed by atoms with Gasteiger partial charge in [-0.25, -0.2) is 0 Å². The number of benzene rings is 2. The number of rotatable bonds is 3. The first-order valence-corrected chi connectivity index (χ1v) is 7.62. The molecule has 2 aromatic carbocycles. The second-order valence-corrected chi connectivity index (χ2v) is 5.87. The number of ketones is 1. The summed E-state index contributed by atoms with van der Waals surface area (Å²) >= 11 is 0. The minimum absolute atomic E-state index is 0.108. The molecule has 1 amide bonds. The van der Waals surface area contributed by atoms with Gasteiger partial charge in [-0.3, -0.25) is 9.59 Å². The summed E-state index contributed by atoms with van der Waals surface area (Å²) in [5.74, 6) is 0.553. The van der Waals surface area contributed by atoms with E-state index in [0.717, 1.165) is 17.7 Å². The Labute approximate surface area is 130 Å². The quantitative estimate of drug-likeness (QED) is 0.926. The van der Waals surface area contributed by atoms with Crippen molar-refractivity contribution in [1.29, 1.82) is 0 Å². The summed E-state index contributed by atoms with van der Waals surface area (Å²) in [6.07, 6.45) is 2.24. The van der Waals surface area contributed by atoms with E-state index in [-0.39, 0.29) is 5.91 Å². The monoisotopic (exact) mass is 293 g/mol. The van der Waals surface area contributed by atoms with Gasteiger partial charge in [0.2, 0.25) is 0 Å². The summed E-state index contributed by atoms with van der Waals surface area (Å²) in [6, 6.07) is 15.2. The van der Waals surface area contributed by atoms with Crippen molar-refractivity contribution in [3.8, 4) is 0 Å². The number of carbonyl (C=O) groups excluding carboxylic acids is 2. The summed E-state index contributed by atoms with van der Waals surface area (Å²) in [5, 5.41) is 2.89. The van der Waals surface area contributed by atoms with E-state index in [1.165, 1.54) is 5.56 Å². The number of aryl methyl sites for hydroxylation is 1. The van der Waals surface area contributed by atoms with Gasteiger partial charge < -0.3 is 5.32 Å². The van der Waals surface area contributed by atoms with Crippen LogP contribution in [-0.2, 0) is 4.79 Å². The smallest absolute Gasteiger partial charge is 0.255 e. The van der Waals surface area contributed by atoms with Crippen molar-refractivity contribution in [3.63, 3.8) is 0 Å². The van der Waals surface area contributed by atoms with Gasteiger partial charge >= 0.3 is 0 Å². The highest BCUT2D eigenvalue weighted by molar-refractivity contribution is 6.04. The number of anilines is 1. The largest absolute Gasteiger partial charge is 0.322 e. The Morgan fingerprint density at radius 1 is 1.14 bits per heavy atom. The number of Topliss-reactive ketones (excluding diaryl/α,β-unsaturated/α-hetero) is 1. The van der Waals surface area contributed by atoms with Gasteiger partial charge in [0.1, 0.15) is 5.78 Å². The third-order valence-electron chi connectivity index (χ3n) is 4.25. The van der Waals surface area contributed by atoms with Crippen LogP contribution >= 0.6 is 0 Å². The number of hydrogen-bond donors (Lipinski definition) is 1. The minimum Gasteiger partial charge on any atom is -0.322 e. The average molecular weight is 293 g/mol. The molecule has 3 rings (SSSR count). The maximum atomic E-state index is 12.3. The lowest BCUT2D eigenvalue weighted by Gasteiger charge is -2.14. The molecule has 0 aliphatic heterocycles. The zero-order valence-electron chi connectivity index (χ0n) is 12.6.